The van der Waals surface area contributed by atoms with Crippen LogP contribution in [-0.4, -0.2) is 76.7 Å². The number of carbonyl (C=O) groups excluding carboxylic acids is 4. The molecule has 0 unspecified atom stereocenters. The van der Waals surface area contributed by atoms with Gasteiger partial charge in [0.25, 0.3) is 5.91 Å². The topological polar surface area (TPSA) is 125 Å². The van der Waals surface area contributed by atoms with E-state index >= 15 is 4.79 Å². The van der Waals surface area contributed by atoms with E-state index in [2.05, 4.69) is 5.32 Å². The van der Waals surface area contributed by atoms with Crippen LogP contribution < -0.4 is 10.2 Å². The molecule has 3 amide bonds. The third-order valence-electron chi connectivity index (χ3n) is 10.3. The molecule has 0 saturated carbocycles. The molecule has 3 aromatic rings. The maximum atomic E-state index is 15.1. The first-order valence-electron chi connectivity index (χ1n) is 17.3. The first-order valence-corrected chi connectivity index (χ1v) is 17.7. The molecular weight excluding hydrogens is 670 g/mol. The molecule has 0 radical (unpaired) electrons. The summed E-state index contributed by atoms with van der Waals surface area (Å²) in [5, 5.41) is 14.2. The van der Waals surface area contributed by atoms with E-state index in [1.807, 2.05) is 60.7 Å². The largest absolute Gasteiger partial charge is 0.455 e. The van der Waals surface area contributed by atoms with Gasteiger partial charge in [-0.2, -0.15) is 0 Å². The van der Waals surface area contributed by atoms with Crippen molar-refractivity contribution >= 4 is 41.0 Å². The zero-order valence-corrected chi connectivity index (χ0v) is 28.9. The second kappa shape index (κ2) is 14.5. The van der Waals surface area contributed by atoms with Crippen molar-refractivity contribution in [1.82, 2.24) is 10.2 Å². The molecule has 0 aromatic heterocycles. The SMILES string of the molecule is C[C@@H]1NC(=O)CC/C=C\[C@@H]2O[C@@]34C=CCN(c5ccccc5Cl)C(=O)[C@@H]3N([C@@H](CO)Cc3ccccc3)C(=O)[C@H]4[C@@H]2C(=O)O[C@H]1c1ccccc1. The zero-order valence-electron chi connectivity index (χ0n) is 28.1. The lowest BCUT2D eigenvalue weighted by atomic mass is 9.77. The zero-order chi connectivity index (χ0) is 35.7. The van der Waals surface area contributed by atoms with E-state index in [-0.39, 0.29) is 25.3 Å². The molecule has 0 bridgehead atoms. The number of cyclic esters (lactones) is 1. The number of nitrogens with zero attached hydrogens (tertiary/aromatic N) is 2. The molecule has 8 atom stereocenters. The van der Waals surface area contributed by atoms with E-state index in [0.29, 0.717) is 22.7 Å². The minimum atomic E-state index is -1.59. The molecule has 0 aliphatic carbocycles. The molecule has 7 rings (SSSR count). The van der Waals surface area contributed by atoms with Gasteiger partial charge in [-0.25, -0.2) is 0 Å². The highest BCUT2D eigenvalue weighted by molar-refractivity contribution is 6.34. The van der Waals surface area contributed by atoms with Gasteiger partial charge in [0.2, 0.25) is 11.8 Å². The number of hydrogen-bond donors (Lipinski definition) is 2. The molecule has 264 valence electrons. The summed E-state index contributed by atoms with van der Waals surface area (Å²) in [7, 11) is 0. The van der Waals surface area contributed by atoms with E-state index in [9.17, 15) is 19.5 Å². The smallest absolute Gasteiger partial charge is 0.313 e. The summed E-state index contributed by atoms with van der Waals surface area (Å²) >= 11 is 6.62. The molecule has 10 nitrogen and oxygen atoms in total. The van der Waals surface area contributed by atoms with E-state index < -0.39 is 72.2 Å². The molecule has 11 heteroatoms. The fourth-order valence-electron chi connectivity index (χ4n) is 8.06. The minimum absolute atomic E-state index is 0.137. The van der Waals surface area contributed by atoms with Gasteiger partial charge in [0, 0.05) is 13.0 Å². The summed E-state index contributed by atoms with van der Waals surface area (Å²) in [4.78, 5) is 60.4. The van der Waals surface area contributed by atoms with Crippen LogP contribution in [0.2, 0.25) is 5.02 Å². The molecule has 51 heavy (non-hydrogen) atoms. The molecule has 2 fully saturated rings. The second-order valence-corrected chi connectivity index (χ2v) is 13.9. The van der Waals surface area contributed by atoms with Gasteiger partial charge in [0.15, 0.2) is 0 Å². The molecule has 3 aromatic carbocycles. The highest BCUT2D eigenvalue weighted by Crippen LogP contribution is 2.54. The number of halogens is 1. The Hall–Kier alpha value is -4.77. The van der Waals surface area contributed by atoms with Crippen LogP contribution in [0, 0.1) is 11.8 Å². The van der Waals surface area contributed by atoms with Crippen LogP contribution in [0.4, 0.5) is 5.69 Å². The van der Waals surface area contributed by atoms with Gasteiger partial charge >= 0.3 is 5.97 Å². The summed E-state index contributed by atoms with van der Waals surface area (Å²) < 4.78 is 13.1. The Morgan fingerprint density at radius 2 is 1.65 bits per heavy atom. The maximum Gasteiger partial charge on any atom is 0.313 e. The summed E-state index contributed by atoms with van der Waals surface area (Å²) in [5.74, 6) is -4.12. The number of hydrogen-bond acceptors (Lipinski definition) is 7. The monoisotopic (exact) mass is 709 g/mol. The van der Waals surface area contributed by atoms with Crippen molar-refractivity contribution < 1.29 is 33.8 Å². The van der Waals surface area contributed by atoms with Gasteiger partial charge in [-0.3, -0.25) is 19.2 Å². The van der Waals surface area contributed by atoms with Crippen molar-refractivity contribution in [2.45, 2.75) is 62.1 Å². The maximum absolute atomic E-state index is 15.1. The summed E-state index contributed by atoms with van der Waals surface area (Å²) in [6.45, 7) is 1.48. The highest BCUT2D eigenvalue weighted by atomic mass is 35.5. The lowest BCUT2D eigenvalue weighted by Gasteiger charge is -2.38. The average molecular weight is 710 g/mol. The van der Waals surface area contributed by atoms with Crippen LogP contribution in [0.15, 0.2) is 109 Å². The Kier molecular flexibility index (Phi) is 9.83. The molecule has 4 heterocycles. The number of para-hydroxylation sites is 1. The Balaban J connectivity index is 1.35. The minimum Gasteiger partial charge on any atom is -0.455 e. The Morgan fingerprint density at radius 3 is 2.37 bits per heavy atom. The Bertz CT molecular complexity index is 1850. The highest BCUT2D eigenvalue weighted by Gasteiger charge is 2.72. The van der Waals surface area contributed by atoms with Crippen LogP contribution in [-0.2, 0) is 35.1 Å². The van der Waals surface area contributed by atoms with Gasteiger partial charge in [-0.15, -0.1) is 0 Å². The number of fused-ring (bicyclic) bond motifs is 2. The van der Waals surface area contributed by atoms with Gasteiger partial charge in [0.1, 0.15) is 23.7 Å². The van der Waals surface area contributed by atoms with Crippen LogP contribution >= 0.6 is 11.6 Å². The van der Waals surface area contributed by atoms with Crippen molar-refractivity contribution in [1.29, 1.82) is 0 Å². The molecular formula is C40H40ClN3O7. The van der Waals surface area contributed by atoms with Crippen molar-refractivity contribution in [3.8, 4) is 0 Å². The average Bonchev–Trinajstić information content (AvgIpc) is 3.53. The summed E-state index contributed by atoms with van der Waals surface area (Å²) in [5.41, 5.74) is 0.418. The third-order valence-corrected chi connectivity index (χ3v) is 10.7. The molecule has 4 aliphatic heterocycles. The van der Waals surface area contributed by atoms with Crippen molar-refractivity contribution in [3.63, 3.8) is 0 Å². The Morgan fingerprint density at radius 1 is 0.941 bits per heavy atom. The number of likely N-dealkylation sites (tertiary alicyclic amines) is 1. The molecule has 2 N–H and O–H groups in total. The van der Waals surface area contributed by atoms with Gasteiger partial charge in [-0.1, -0.05) is 109 Å². The van der Waals surface area contributed by atoms with Gasteiger partial charge in [0.05, 0.1) is 41.4 Å². The Labute approximate surface area is 301 Å². The summed E-state index contributed by atoms with van der Waals surface area (Å²) in [6, 6.07) is 22.9. The van der Waals surface area contributed by atoms with Gasteiger partial charge in [-0.05, 0) is 43.0 Å². The van der Waals surface area contributed by atoms with Gasteiger partial charge < -0.3 is 29.7 Å². The van der Waals surface area contributed by atoms with E-state index in [0.717, 1.165) is 5.56 Å². The fraction of sp³-hybridized carbons (Fsp3) is 0.350. The standard InChI is InChI=1S/C40H40ClN3O7/c1-25-35(27-15-6-3-7-16-27)50-39(49)33-31(19-10-11-20-32(46)42-25)51-40-21-12-22-43(30-18-9-8-17-29(30)41)38(48)36(40)44(37(47)34(33)40)28(24-45)23-26-13-4-2-5-14-26/h2-10,12-19,21,25,28,31,33-36,45H,11,20,22-24H2,1H3,(H,42,46)/b19-10-/t25-,28+,31-,33+,34+,35+,36-,40+/m0/s1. The number of ether oxygens (including phenoxy) is 2. The van der Waals surface area contributed by atoms with Crippen LogP contribution in [0.25, 0.3) is 0 Å². The normalized spacial score (nSPS) is 30.6. The van der Waals surface area contributed by atoms with Crippen molar-refractivity contribution in [2.24, 2.45) is 11.8 Å². The number of esters is 1. The number of allylic oxidation sites excluding steroid dienone is 1. The van der Waals surface area contributed by atoms with Crippen LogP contribution in [0.5, 0.6) is 0 Å². The first kappa shape index (κ1) is 34.7. The quantitative estimate of drug-likeness (QED) is 0.284. The predicted octanol–water partition coefficient (Wildman–Crippen LogP) is 4.57. The van der Waals surface area contributed by atoms with Crippen LogP contribution in [0.1, 0.15) is 37.0 Å². The lowest BCUT2D eigenvalue weighted by Crippen LogP contribution is -2.58. The molecule has 2 saturated heterocycles. The second-order valence-electron chi connectivity index (χ2n) is 13.5. The predicted molar refractivity (Wildman–Crippen MR) is 190 cm³/mol. The first-order chi connectivity index (χ1) is 24.7. The van der Waals surface area contributed by atoms with E-state index in [1.54, 1.807) is 55.5 Å². The van der Waals surface area contributed by atoms with Crippen LogP contribution in [0.3, 0.4) is 0 Å². The number of carbonyl (C=O) groups is 4. The van der Waals surface area contributed by atoms with Crippen molar-refractivity contribution in [3.05, 3.63) is 125 Å². The van der Waals surface area contributed by atoms with Crippen molar-refractivity contribution in [2.75, 3.05) is 18.1 Å². The number of benzene rings is 3. The number of anilines is 1. The van der Waals surface area contributed by atoms with E-state index in [4.69, 9.17) is 21.1 Å². The molecule has 4 aliphatic rings. The summed E-state index contributed by atoms with van der Waals surface area (Å²) in [6.07, 6.45) is 5.99. The van der Waals surface area contributed by atoms with E-state index in [1.165, 1.54) is 9.80 Å². The fourth-order valence-corrected chi connectivity index (χ4v) is 8.30. The number of amides is 3. The number of aliphatic hydroxyl groups is 1. The number of aliphatic hydroxyl groups excluding tert-OH is 1. The lowest BCUT2D eigenvalue weighted by molar-refractivity contribution is -0.161. The number of rotatable bonds is 6. The number of nitrogens with one attached hydrogen (secondary N) is 1. The third kappa shape index (κ3) is 6.37. The molecule has 1 spiro atoms.